The van der Waals surface area contributed by atoms with Gasteiger partial charge < -0.3 is 9.47 Å². The summed E-state index contributed by atoms with van der Waals surface area (Å²) in [5.74, 6) is 1.35. The highest BCUT2D eigenvalue weighted by molar-refractivity contribution is 6.01. The summed E-state index contributed by atoms with van der Waals surface area (Å²) in [6.45, 7) is 2.02. The van der Waals surface area contributed by atoms with E-state index < -0.39 is 0 Å². The molecular weight excluding hydrogens is 336 g/mol. The van der Waals surface area contributed by atoms with Crippen molar-refractivity contribution in [2.24, 2.45) is 0 Å². The number of ether oxygens (including phenoxy) is 2. The fourth-order valence-corrected chi connectivity index (χ4v) is 3.17. The Morgan fingerprint density at radius 3 is 2.15 bits per heavy atom. The van der Waals surface area contributed by atoms with Gasteiger partial charge in [-0.25, -0.2) is 0 Å². The minimum atomic E-state index is -0.296. The van der Waals surface area contributed by atoms with Crippen molar-refractivity contribution in [2.75, 3.05) is 14.2 Å². The maximum atomic E-state index is 13.3. The van der Waals surface area contributed by atoms with Gasteiger partial charge in [-0.2, -0.15) is 0 Å². The van der Waals surface area contributed by atoms with Crippen molar-refractivity contribution >= 4 is 5.78 Å². The van der Waals surface area contributed by atoms with E-state index in [1.54, 1.807) is 14.2 Å². The average Bonchev–Trinajstić information content (AvgIpc) is 2.72. The van der Waals surface area contributed by atoms with Crippen LogP contribution in [0, 0.1) is 6.92 Å². The zero-order valence-corrected chi connectivity index (χ0v) is 15.9. The van der Waals surface area contributed by atoms with Crippen molar-refractivity contribution < 1.29 is 14.3 Å². The Bertz CT molecular complexity index is 913. The van der Waals surface area contributed by atoms with E-state index in [2.05, 4.69) is 0 Å². The van der Waals surface area contributed by atoms with Crippen LogP contribution in [0.4, 0.5) is 0 Å². The van der Waals surface area contributed by atoms with Gasteiger partial charge in [0, 0.05) is 5.56 Å². The van der Waals surface area contributed by atoms with Gasteiger partial charge in [0.25, 0.3) is 0 Å². The van der Waals surface area contributed by atoms with E-state index in [-0.39, 0.29) is 11.7 Å². The van der Waals surface area contributed by atoms with Crippen LogP contribution in [0.5, 0.6) is 11.5 Å². The molecule has 1 atom stereocenters. The van der Waals surface area contributed by atoms with Crippen molar-refractivity contribution in [1.82, 2.24) is 0 Å². The van der Waals surface area contributed by atoms with E-state index in [0.29, 0.717) is 6.42 Å². The van der Waals surface area contributed by atoms with Gasteiger partial charge in [-0.1, -0.05) is 54.1 Å². The van der Waals surface area contributed by atoms with Crippen molar-refractivity contribution in [2.45, 2.75) is 19.3 Å². The number of hydrogen-bond acceptors (Lipinski definition) is 3. The van der Waals surface area contributed by atoms with Crippen molar-refractivity contribution in [3.8, 4) is 11.5 Å². The molecule has 0 heterocycles. The molecule has 0 aliphatic heterocycles. The normalized spacial score (nSPS) is 11.7. The molecule has 3 rings (SSSR count). The number of carbonyl (C=O) groups is 1. The Morgan fingerprint density at radius 2 is 1.48 bits per heavy atom. The molecule has 0 aliphatic carbocycles. The van der Waals surface area contributed by atoms with Gasteiger partial charge in [-0.15, -0.1) is 0 Å². The minimum absolute atomic E-state index is 0.103. The molecule has 3 heteroatoms. The molecule has 0 N–H and O–H groups in total. The van der Waals surface area contributed by atoms with Crippen LogP contribution >= 0.6 is 0 Å². The Morgan fingerprint density at radius 1 is 0.852 bits per heavy atom. The van der Waals surface area contributed by atoms with Gasteiger partial charge in [0.15, 0.2) is 5.78 Å². The Balaban J connectivity index is 1.99. The lowest BCUT2D eigenvalue weighted by Crippen LogP contribution is -2.16. The highest BCUT2D eigenvalue weighted by atomic mass is 16.5. The molecule has 3 nitrogen and oxygen atoms in total. The summed E-state index contributed by atoms with van der Waals surface area (Å²) >= 11 is 0. The fourth-order valence-electron chi connectivity index (χ4n) is 3.17. The molecule has 0 radical (unpaired) electrons. The molecule has 27 heavy (non-hydrogen) atoms. The Labute approximate surface area is 160 Å². The third kappa shape index (κ3) is 4.56. The maximum absolute atomic E-state index is 13.3. The molecule has 0 saturated carbocycles. The standard InChI is InChI=1S/C24H24O3/c1-17-10-12-19(13-11-17)24(25)23(20-7-5-9-22(16-20)27-3)15-18-6-4-8-21(14-18)26-2/h4-14,16,23H,15H2,1-3H3. The van der Waals surface area contributed by atoms with Crippen LogP contribution in [-0.2, 0) is 6.42 Å². The zero-order valence-electron chi connectivity index (χ0n) is 15.9. The molecule has 0 spiro atoms. The highest BCUT2D eigenvalue weighted by Gasteiger charge is 2.23. The van der Waals surface area contributed by atoms with Gasteiger partial charge in [0.05, 0.1) is 20.1 Å². The first-order chi connectivity index (χ1) is 13.1. The molecule has 0 aliphatic rings. The maximum Gasteiger partial charge on any atom is 0.170 e. The molecule has 0 amide bonds. The highest BCUT2D eigenvalue weighted by Crippen LogP contribution is 2.29. The number of ketones is 1. The lowest BCUT2D eigenvalue weighted by atomic mass is 9.85. The van der Waals surface area contributed by atoms with Gasteiger partial charge in [-0.05, 0) is 48.7 Å². The van der Waals surface area contributed by atoms with Gasteiger partial charge >= 0.3 is 0 Å². The molecule has 138 valence electrons. The SMILES string of the molecule is COc1cccc(CC(C(=O)c2ccc(C)cc2)c2cccc(OC)c2)c1. The quantitative estimate of drug-likeness (QED) is 0.542. The van der Waals surface area contributed by atoms with E-state index in [1.807, 2.05) is 79.7 Å². The molecule has 0 bridgehead atoms. The summed E-state index contributed by atoms with van der Waals surface area (Å²) in [4.78, 5) is 13.3. The fraction of sp³-hybridized carbons (Fsp3) is 0.208. The first-order valence-electron chi connectivity index (χ1n) is 8.98. The van der Waals surface area contributed by atoms with Crippen LogP contribution < -0.4 is 9.47 Å². The zero-order chi connectivity index (χ0) is 19.2. The minimum Gasteiger partial charge on any atom is -0.497 e. The lowest BCUT2D eigenvalue weighted by molar-refractivity contribution is 0.0958. The van der Waals surface area contributed by atoms with E-state index >= 15 is 0 Å². The van der Waals surface area contributed by atoms with Crippen LogP contribution in [0.15, 0.2) is 72.8 Å². The smallest absolute Gasteiger partial charge is 0.170 e. The molecule has 0 saturated heterocycles. The lowest BCUT2D eigenvalue weighted by Gasteiger charge is -2.18. The third-order valence-electron chi connectivity index (χ3n) is 4.72. The van der Waals surface area contributed by atoms with Crippen LogP contribution in [-0.4, -0.2) is 20.0 Å². The number of hydrogen-bond donors (Lipinski definition) is 0. The molecule has 3 aromatic carbocycles. The predicted molar refractivity (Wildman–Crippen MR) is 108 cm³/mol. The first kappa shape index (κ1) is 18.7. The van der Waals surface area contributed by atoms with Crippen molar-refractivity contribution in [3.05, 3.63) is 95.1 Å². The molecule has 0 aromatic heterocycles. The summed E-state index contributed by atoms with van der Waals surface area (Å²) in [7, 11) is 3.29. The Hall–Kier alpha value is -3.07. The summed E-state index contributed by atoms with van der Waals surface area (Å²) in [6.07, 6.45) is 0.594. The van der Waals surface area contributed by atoms with E-state index in [1.165, 1.54) is 0 Å². The van der Waals surface area contributed by atoms with Gasteiger partial charge in [-0.3, -0.25) is 4.79 Å². The number of methoxy groups -OCH3 is 2. The van der Waals surface area contributed by atoms with Crippen LogP contribution in [0.1, 0.15) is 33.0 Å². The first-order valence-corrected chi connectivity index (χ1v) is 8.98. The average molecular weight is 360 g/mol. The number of carbonyl (C=O) groups excluding carboxylic acids is 1. The topological polar surface area (TPSA) is 35.5 Å². The Kier molecular flexibility index (Phi) is 5.92. The summed E-state index contributed by atoms with van der Waals surface area (Å²) < 4.78 is 10.7. The van der Waals surface area contributed by atoms with E-state index in [9.17, 15) is 4.79 Å². The monoisotopic (exact) mass is 360 g/mol. The molecular formula is C24H24O3. The van der Waals surface area contributed by atoms with Crippen molar-refractivity contribution in [3.63, 3.8) is 0 Å². The molecule has 0 fully saturated rings. The van der Waals surface area contributed by atoms with Crippen molar-refractivity contribution in [1.29, 1.82) is 0 Å². The molecule has 3 aromatic rings. The van der Waals surface area contributed by atoms with Crippen LogP contribution in [0.3, 0.4) is 0 Å². The van der Waals surface area contributed by atoms with Gasteiger partial charge in [0.1, 0.15) is 11.5 Å². The number of Topliss-reactive ketones (excluding diaryl/α,β-unsaturated/α-hetero) is 1. The number of aryl methyl sites for hydroxylation is 1. The number of rotatable bonds is 7. The summed E-state index contributed by atoms with van der Waals surface area (Å²) in [5, 5.41) is 0. The van der Waals surface area contributed by atoms with Crippen LogP contribution in [0.25, 0.3) is 0 Å². The predicted octanol–water partition coefficient (Wildman–Crippen LogP) is 5.22. The van der Waals surface area contributed by atoms with E-state index in [0.717, 1.165) is 33.8 Å². The molecule has 1 unspecified atom stereocenters. The van der Waals surface area contributed by atoms with E-state index in [4.69, 9.17) is 9.47 Å². The van der Waals surface area contributed by atoms with Gasteiger partial charge in [0.2, 0.25) is 0 Å². The third-order valence-corrected chi connectivity index (χ3v) is 4.72. The summed E-state index contributed by atoms with van der Waals surface area (Å²) in [5.41, 5.74) is 3.86. The number of benzene rings is 3. The van der Waals surface area contributed by atoms with Crippen LogP contribution in [0.2, 0.25) is 0 Å². The second kappa shape index (κ2) is 8.54. The largest absolute Gasteiger partial charge is 0.497 e. The second-order valence-electron chi connectivity index (χ2n) is 6.62. The second-order valence-corrected chi connectivity index (χ2v) is 6.62. The summed E-state index contributed by atoms with van der Waals surface area (Å²) in [6, 6.07) is 23.4.